The maximum absolute atomic E-state index is 13.1. The number of nitrogens with zero attached hydrogens (tertiary/aromatic N) is 2. The summed E-state index contributed by atoms with van der Waals surface area (Å²) in [6.45, 7) is 6.89. The van der Waals surface area contributed by atoms with Crippen molar-refractivity contribution in [2.24, 2.45) is 0 Å². The number of carbonyl (C=O) groups is 1. The van der Waals surface area contributed by atoms with Gasteiger partial charge in [-0.05, 0) is 70.3 Å². The van der Waals surface area contributed by atoms with E-state index in [-0.39, 0.29) is 11.9 Å². The Labute approximate surface area is 189 Å². The molecule has 0 spiro atoms. The van der Waals surface area contributed by atoms with Gasteiger partial charge < -0.3 is 5.32 Å². The van der Waals surface area contributed by atoms with Crippen LogP contribution in [0, 0.1) is 13.8 Å². The number of benzene rings is 1. The topological polar surface area (TPSA) is 69.7 Å². The highest BCUT2D eigenvalue weighted by Gasteiger charge is 2.40. The molecule has 6 nitrogen and oxygen atoms in total. The first-order valence-corrected chi connectivity index (χ1v) is 13.3. The van der Waals surface area contributed by atoms with Gasteiger partial charge in [-0.15, -0.1) is 11.3 Å². The van der Waals surface area contributed by atoms with Crippen LogP contribution in [0.4, 0.5) is 0 Å². The second-order valence-corrected chi connectivity index (χ2v) is 12.0. The van der Waals surface area contributed by atoms with E-state index in [1.54, 1.807) is 6.07 Å². The van der Waals surface area contributed by atoms with Gasteiger partial charge in [0.2, 0.25) is 5.91 Å². The third-order valence-corrected chi connectivity index (χ3v) is 9.67. The monoisotopic (exact) mass is 461 g/mol. The highest BCUT2D eigenvalue weighted by molar-refractivity contribution is 7.91. The van der Waals surface area contributed by atoms with E-state index in [4.69, 9.17) is 0 Å². The van der Waals surface area contributed by atoms with Gasteiger partial charge in [-0.2, -0.15) is 4.31 Å². The first-order valence-electron chi connectivity index (χ1n) is 11.0. The standard InChI is InChI=1S/C23H31N3O3S2/c1-17-7-10-19(11-8-17)21(25-13-3-4-14-25)16-24-23(27)20-6-5-15-26(20)31(28,29)22-12-9-18(2)30-22/h7-12,20-21H,3-6,13-16H2,1-2H3,(H,24,27). The lowest BCUT2D eigenvalue weighted by Gasteiger charge is -2.29. The average Bonchev–Trinajstić information content (AvgIpc) is 3.51. The van der Waals surface area contributed by atoms with Crippen LogP contribution in [-0.2, 0) is 14.8 Å². The number of carbonyl (C=O) groups excluding carboxylic acids is 1. The van der Waals surface area contributed by atoms with Crippen molar-refractivity contribution in [3.05, 3.63) is 52.4 Å². The summed E-state index contributed by atoms with van der Waals surface area (Å²) in [5.74, 6) is -0.189. The number of rotatable bonds is 7. The molecule has 2 aliphatic rings. The number of sulfonamides is 1. The normalized spacial score (nSPS) is 21.4. The minimum Gasteiger partial charge on any atom is -0.353 e. The molecule has 2 aromatic rings. The van der Waals surface area contributed by atoms with Crippen LogP contribution in [0.3, 0.4) is 0 Å². The Kier molecular flexibility index (Phi) is 6.81. The predicted molar refractivity (Wildman–Crippen MR) is 124 cm³/mol. The average molecular weight is 462 g/mol. The first kappa shape index (κ1) is 22.5. The summed E-state index contributed by atoms with van der Waals surface area (Å²) in [6.07, 6.45) is 3.61. The van der Waals surface area contributed by atoms with Crippen LogP contribution in [0.1, 0.15) is 47.7 Å². The summed E-state index contributed by atoms with van der Waals surface area (Å²) in [5, 5.41) is 3.09. The van der Waals surface area contributed by atoms with Crippen molar-refractivity contribution in [1.82, 2.24) is 14.5 Å². The van der Waals surface area contributed by atoms with E-state index in [0.717, 1.165) is 18.0 Å². The Morgan fingerprint density at radius 2 is 1.77 bits per heavy atom. The fourth-order valence-corrected chi connectivity index (χ4v) is 7.64. The molecule has 2 fully saturated rings. The van der Waals surface area contributed by atoms with Gasteiger partial charge in [-0.1, -0.05) is 29.8 Å². The number of amides is 1. The van der Waals surface area contributed by atoms with Gasteiger partial charge in [0, 0.05) is 18.0 Å². The second kappa shape index (κ2) is 9.40. The van der Waals surface area contributed by atoms with Crippen molar-refractivity contribution < 1.29 is 13.2 Å². The molecule has 8 heteroatoms. The molecule has 2 aliphatic heterocycles. The highest BCUT2D eigenvalue weighted by atomic mass is 32.2. The van der Waals surface area contributed by atoms with Gasteiger partial charge in [-0.3, -0.25) is 9.69 Å². The molecule has 168 valence electrons. The smallest absolute Gasteiger partial charge is 0.253 e. The zero-order valence-corrected chi connectivity index (χ0v) is 19.8. The van der Waals surface area contributed by atoms with Crippen LogP contribution in [-0.4, -0.2) is 55.8 Å². The molecule has 1 amide bonds. The van der Waals surface area contributed by atoms with E-state index in [0.29, 0.717) is 30.1 Å². The lowest BCUT2D eigenvalue weighted by molar-refractivity contribution is -0.124. The summed E-state index contributed by atoms with van der Waals surface area (Å²) in [5.41, 5.74) is 2.40. The van der Waals surface area contributed by atoms with Gasteiger partial charge in [0.1, 0.15) is 10.3 Å². The molecule has 3 heterocycles. The Bertz CT molecular complexity index is 1010. The quantitative estimate of drug-likeness (QED) is 0.686. The Morgan fingerprint density at radius 1 is 1.06 bits per heavy atom. The van der Waals surface area contributed by atoms with Crippen molar-refractivity contribution in [2.45, 2.75) is 55.8 Å². The van der Waals surface area contributed by atoms with Gasteiger partial charge in [-0.25, -0.2) is 8.42 Å². The Hall–Kier alpha value is -1.74. The van der Waals surface area contributed by atoms with E-state index in [2.05, 4.69) is 41.4 Å². The predicted octanol–water partition coefficient (Wildman–Crippen LogP) is 3.47. The SMILES string of the molecule is Cc1ccc(C(CNC(=O)C2CCCN2S(=O)(=O)c2ccc(C)s2)N2CCCC2)cc1. The molecule has 0 radical (unpaired) electrons. The molecule has 2 saturated heterocycles. The van der Waals surface area contributed by atoms with Crippen LogP contribution in [0.25, 0.3) is 0 Å². The molecule has 4 rings (SSSR count). The van der Waals surface area contributed by atoms with Crippen molar-refractivity contribution in [3.8, 4) is 0 Å². The van der Waals surface area contributed by atoms with Crippen LogP contribution >= 0.6 is 11.3 Å². The molecule has 1 aromatic heterocycles. The van der Waals surface area contributed by atoms with E-state index in [9.17, 15) is 13.2 Å². The van der Waals surface area contributed by atoms with Crippen LogP contribution in [0.15, 0.2) is 40.6 Å². The third kappa shape index (κ3) is 4.87. The lowest BCUT2D eigenvalue weighted by atomic mass is 10.0. The molecular formula is C23H31N3O3S2. The first-order chi connectivity index (χ1) is 14.9. The van der Waals surface area contributed by atoms with Crippen molar-refractivity contribution >= 4 is 27.3 Å². The summed E-state index contributed by atoms with van der Waals surface area (Å²) >= 11 is 1.26. The lowest BCUT2D eigenvalue weighted by Crippen LogP contribution is -2.47. The molecule has 2 atom stereocenters. The summed E-state index contributed by atoms with van der Waals surface area (Å²) in [7, 11) is -3.64. The van der Waals surface area contributed by atoms with Crippen LogP contribution < -0.4 is 5.32 Å². The molecule has 31 heavy (non-hydrogen) atoms. The van der Waals surface area contributed by atoms with Gasteiger partial charge in [0.25, 0.3) is 10.0 Å². The molecule has 0 aliphatic carbocycles. The van der Waals surface area contributed by atoms with Crippen LogP contribution in [0.5, 0.6) is 0 Å². The second-order valence-electron chi connectivity index (χ2n) is 8.55. The number of likely N-dealkylation sites (tertiary alicyclic amines) is 1. The fourth-order valence-electron chi connectivity index (χ4n) is 4.57. The van der Waals surface area contributed by atoms with Gasteiger partial charge in [0.15, 0.2) is 0 Å². The molecule has 0 bridgehead atoms. The summed E-state index contributed by atoms with van der Waals surface area (Å²) < 4.78 is 27.9. The maximum Gasteiger partial charge on any atom is 0.253 e. The summed E-state index contributed by atoms with van der Waals surface area (Å²) in [4.78, 5) is 16.5. The molecule has 0 saturated carbocycles. The molecule has 1 N–H and O–H groups in total. The largest absolute Gasteiger partial charge is 0.353 e. The number of hydrogen-bond donors (Lipinski definition) is 1. The molecular weight excluding hydrogens is 430 g/mol. The van der Waals surface area contributed by atoms with Crippen LogP contribution in [0.2, 0.25) is 0 Å². The van der Waals surface area contributed by atoms with Crippen molar-refractivity contribution in [1.29, 1.82) is 0 Å². The number of aryl methyl sites for hydroxylation is 2. The Morgan fingerprint density at radius 3 is 2.42 bits per heavy atom. The number of hydrogen-bond acceptors (Lipinski definition) is 5. The number of thiophene rings is 1. The van der Waals surface area contributed by atoms with E-state index < -0.39 is 16.1 Å². The van der Waals surface area contributed by atoms with Crippen molar-refractivity contribution in [2.75, 3.05) is 26.2 Å². The maximum atomic E-state index is 13.1. The van der Waals surface area contributed by atoms with E-state index >= 15 is 0 Å². The third-order valence-electron chi connectivity index (χ3n) is 6.30. The zero-order valence-electron chi connectivity index (χ0n) is 18.2. The fraction of sp³-hybridized carbons (Fsp3) is 0.522. The van der Waals surface area contributed by atoms with E-state index in [1.165, 1.54) is 39.6 Å². The molecule has 1 aromatic carbocycles. The van der Waals surface area contributed by atoms with E-state index in [1.807, 2.05) is 13.0 Å². The zero-order chi connectivity index (χ0) is 22.0. The van der Waals surface area contributed by atoms with Gasteiger partial charge >= 0.3 is 0 Å². The summed E-state index contributed by atoms with van der Waals surface area (Å²) in [6, 6.07) is 11.4. The number of nitrogens with one attached hydrogen (secondary N) is 1. The Balaban J connectivity index is 1.47. The minimum absolute atomic E-state index is 0.110. The highest BCUT2D eigenvalue weighted by Crippen LogP contribution is 2.30. The van der Waals surface area contributed by atoms with Gasteiger partial charge in [0.05, 0.1) is 6.04 Å². The minimum atomic E-state index is -3.64. The van der Waals surface area contributed by atoms with Crippen molar-refractivity contribution in [3.63, 3.8) is 0 Å². The molecule has 2 unspecified atom stereocenters.